The van der Waals surface area contributed by atoms with E-state index in [2.05, 4.69) is 19.7 Å². The van der Waals surface area contributed by atoms with Gasteiger partial charge in [0.25, 0.3) is 0 Å². The van der Waals surface area contributed by atoms with Gasteiger partial charge in [-0.25, -0.2) is 28.8 Å². The van der Waals surface area contributed by atoms with Crippen LogP contribution in [-0.4, -0.2) is 71.0 Å². The Kier molecular flexibility index (Phi) is 13.4. The number of esters is 3. The van der Waals surface area contributed by atoms with Gasteiger partial charge in [-0.05, 0) is 55.2 Å². The minimum atomic E-state index is -1.65. The molecular weight excluding hydrogens is 516 g/mol. The predicted molar refractivity (Wildman–Crippen MR) is 136 cm³/mol. The second kappa shape index (κ2) is 16.2. The number of carbonyl (C=O) groups is 6. The largest absolute Gasteiger partial charge is 0.478 e. The number of aromatic carboxylic acids is 3. The zero-order valence-corrected chi connectivity index (χ0v) is 21.2. The molecule has 0 saturated heterocycles. The molecular formula is C27H30O12. The summed E-state index contributed by atoms with van der Waals surface area (Å²) in [4.78, 5) is 71.2. The summed E-state index contributed by atoms with van der Waals surface area (Å²) in [5.74, 6) is -6.91. The summed E-state index contributed by atoms with van der Waals surface area (Å²) in [6.07, 6.45) is 2.49. The molecule has 39 heavy (non-hydrogen) atoms. The summed E-state index contributed by atoms with van der Waals surface area (Å²) in [5.41, 5.74) is -1.95. The molecule has 0 aliphatic heterocycles. The van der Waals surface area contributed by atoms with Crippen LogP contribution in [0, 0.1) is 0 Å². The summed E-state index contributed by atoms with van der Waals surface area (Å²) in [6.45, 7) is 9.30. The van der Waals surface area contributed by atoms with Crippen LogP contribution >= 0.6 is 0 Å². The molecule has 0 saturated carbocycles. The van der Waals surface area contributed by atoms with Gasteiger partial charge in [-0.15, -0.1) is 0 Å². The maximum absolute atomic E-state index is 12.5. The zero-order chi connectivity index (χ0) is 29.5. The van der Waals surface area contributed by atoms with E-state index < -0.39 is 52.5 Å². The average Bonchev–Trinajstić information content (AvgIpc) is 2.90. The van der Waals surface area contributed by atoms with Crippen molar-refractivity contribution in [3.8, 4) is 0 Å². The Labute approximate surface area is 224 Å². The van der Waals surface area contributed by atoms with Crippen molar-refractivity contribution in [3.63, 3.8) is 0 Å². The molecule has 0 fully saturated rings. The van der Waals surface area contributed by atoms with E-state index in [-0.39, 0.29) is 75.0 Å². The molecule has 0 bridgehead atoms. The van der Waals surface area contributed by atoms with Crippen molar-refractivity contribution < 1.29 is 58.3 Å². The minimum absolute atomic E-state index is 0.00750. The normalized spacial score (nSPS) is 10.2. The monoisotopic (exact) mass is 546 g/mol. The van der Waals surface area contributed by atoms with Crippen molar-refractivity contribution in [2.45, 2.75) is 38.5 Å². The van der Waals surface area contributed by atoms with Gasteiger partial charge in [-0.2, -0.15) is 0 Å². The first kappa shape index (κ1) is 32.3. The van der Waals surface area contributed by atoms with Gasteiger partial charge in [0, 0.05) is 18.2 Å². The summed E-state index contributed by atoms with van der Waals surface area (Å²) in [5, 5.41) is 30.1. The fourth-order valence-electron chi connectivity index (χ4n) is 3.88. The van der Waals surface area contributed by atoms with Gasteiger partial charge in [-0.3, -0.25) is 0 Å². The van der Waals surface area contributed by atoms with E-state index in [4.69, 9.17) is 14.2 Å². The molecule has 0 unspecified atom stereocenters. The van der Waals surface area contributed by atoms with E-state index >= 15 is 0 Å². The molecule has 1 aromatic rings. The van der Waals surface area contributed by atoms with Gasteiger partial charge in [0.2, 0.25) is 0 Å². The molecule has 0 heterocycles. The van der Waals surface area contributed by atoms with E-state index in [0.717, 1.165) is 18.2 Å². The van der Waals surface area contributed by atoms with Gasteiger partial charge in [0.05, 0.1) is 36.5 Å². The lowest BCUT2D eigenvalue weighted by molar-refractivity contribution is -0.138. The van der Waals surface area contributed by atoms with Gasteiger partial charge < -0.3 is 29.5 Å². The van der Waals surface area contributed by atoms with E-state index in [1.807, 2.05) is 0 Å². The molecule has 0 atom stereocenters. The van der Waals surface area contributed by atoms with Crippen LogP contribution in [0.3, 0.4) is 0 Å². The molecule has 0 radical (unpaired) electrons. The third kappa shape index (κ3) is 9.58. The van der Waals surface area contributed by atoms with Crippen LogP contribution in [0.15, 0.2) is 38.0 Å². The van der Waals surface area contributed by atoms with E-state index in [1.165, 1.54) is 0 Å². The summed E-state index contributed by atoms with van der Waals surface area (Å²) in [6, 6.07) is 0. The Morgan fingerprint density at radius 2 is 0.795 bits per heavy atom. The third-order valence-corrected chi connectivity index (χ3v) is 5.41. The van der Waals surface area contributed by atoms with Crippen molar-refractivity contribution in [2.75, 3.05) is 19.8 Å². The lowest BCUT2D eigenvalue weighted by Gasteiger charge is -2.22. The van der Waals surface area contributed by atoms with E-state index in [9.17, 15) is 44.1 Å². The molecule has 1 rings (SSSR count). The molecule has 12 heteroatoms. The van der Waals surface area contributed by atoms with E-state index in [1.54, 1.807) is 0 Å². The fourth-order valence-corrected chi connectivity index (χ4v) is 3.88. The fraction of sp³-hybridized carbons (Fsp3) is 0.333. The first-order chi connectivity index (χ1) is 18.5. The topological polar surface area (TPSA) is 191 Å². The Morgan fingerprint density at radius 3 is 1.10 bits per heavy atom. The summed E-state index contributed by atoms with van der Waals surface area (Å²) >= 11 is 0. The van der Waals surface area contributed by atoms with Crippen molar-refractivity contribution in [1.82, 2.24) is 0 Å². The second-order valence-electron chi connectivity index (χ2n) is 7.90. The molecule has 0 aliphatic rings. The summed E-state index contributed by atoms with van der Waals surface area (Å²) < 4.78 is 14.7. The summed E-state index contributed by atoms with van der Waals surface area (Å²) in [7, 11) is 0. The van der Waals surface area contributed by atoms with E-state index in [0.29, 0.717) is 0 Å². The Bertz CT molecular complexity index is 1160. The van der Waals surface area contributed by atoms with Crippen molar-refractivity contribution in [1.29, 1.82) is 0 Å². The first-order valence-electron chi connectivity index (χ1n) is 11.8. The molecule has 0 aromatic heterocycles. The highest BCUT2D eigenvalue weighted by molar-refractivity contribution is 6.07. The van der Waals surface area contributed by atoms with Crippen molar-refractivity contribution >= 4 is 35.8 Å². The standard InChI is InChI=1S/C27H30O12/c1-4-19(28)37-13-7-10-16-17(11-8-14-38-20(29)5-2)23(26(33)34)24(27(35)36)18(22(16)25(31)32)12-9-15-39-21(30)6-3/h4-6H,1-3,7-15H2,(H,31,32)(H,33,34)(H,35,36). The first-order valence-corrected chi connectivity index (χ1v) is 11.8. The molecule has 12 nitrogen and oxygen atoms in total. The van der Waals surface area contributed by atoms with Crippen LogP contribution in [0.25, 0.3) is 0 Å². The maximum Gasteiger partial charge on any atom is 0.336 e. The highest BCUT2D eigenvalue weighted by Crippen LogP contribution is 2.32. The highest BCUT2D eigenvalue weighted by atomic mass is 16.5. The molecule has 0 amide bonds. The molecule has 3 N–H and O–H groups in total. The SMILES string of the molecule is C=CC(=O)OCCCc1c(CCCOC(=O)C=C)c(C(=O)O)c(C(=O)O)c(CCCOC(=O)C=C)c1C(=O)O. The number of carboxylic acids is 3. The Hall–Kier alpha value is -4.74. The molecule has 0 spiro atoms. The Balaban J connectivity index is 3.70. The van der Waals surface area contributed by atoms with Crippen molar-refractivity contribution in [3.05, 3.63) is 71.3 Å². The zero-order valence-electron chi connectivity index (χ0n) is 21.2. The number of benzene rings is 1. The van der Waals surface area contributed by atoms with Gasteiger partial charge in [-0.1, -0.05) is 19.7 Å². The maximum atomic E-state index is 12.5. The predicted octanol–water partition coefficient (Wildman–Crippen LogP) is 2.77. The number of ether oxygens (including phenoxy) is 3. The number of carboxylic acid groups (broad SMARTS) is 3. The number of hydrogen-bond acceptors (Lipinski definition) is 9. The smallest absolute Gasteiger partial charge is 0.336 e. The van der Waals surface area contributed by atoms with Crippen LogP contribution < -0.4 is 0 Å². The van der Waals surface area contributed by atoms with Gasteiger partial charge in [0.15, 0.2) is 0 Å². The molecule has 1 aromatic carbocycles. The third-order valence-electron chi connectivity index (χ3n) is 5.41. The van der Waals surface area contributed by atoms with Gasteiger partial charge >= 0.3 is 35.8 Å². The molecule has 0 aliphatic carbocycles. The van der Waals surface area contributed by atoms with Crippen LogP contribution in [-0.2, 0) is 47.9 Å². The number of hydrogen-bond donors (Lipinski definition) is 3. The van der Waals surface area contributed by atoms with Gasteiger partial charge in [0.1, 0.15) is 0 Å². The van der Waals surface area contributed by atoms with Crippen LogP contribution in [0.1, 0.15) is 67.0 Å². The van der Waals surface area contributed by atoms with Crippen LogP contribution in [0.4, 0.5) is 0 Å². The Morgan fingerprint density at radius 1 is 0.513 bits per heavy atom. The lowest BCUT2D eigenvalue weighted by Crippen LogP contribution is -2.23. The lowest BCUT2D eigenvalue weighted by atomic mass is 9.81. The minimum Gasteiger partial charge on any atom is -0.478 e. The van der Waals surface area contributed by atoms with Crippen LogP contribution in [0.2, 0.25) is 0 Å². The highest BCUT2D eigenvalue weighted by Gasteiger charge is 2.32. The quantitative estimate of drug-likeness (QED) is 0.106. The van der Waals surface area contributed by atoms with Crippen LogP contribution in [0.5, 0.6) is 0 Å². The number of rotatable bonds is 18. The average molecular weight is 547 g/mol. The van der Waals surface area contributed by atoms with Crippen molar-refractivity contribution in [2.24, 2.45) is 0 Å². The number of carbonyl (C=O) groups excluding carboxylic acids is 3. The second-order valence-corrected chi connectivity index (χ2v) is 7.90. The molecule has 210 valence electrons.